The molecule has 1 aliphatic heterocycles. The molecule has 2 N–H and O–H groups in total. The van der Waals surface area contributed by atoms with Crippen LogP contribution in [0.5, 0.6) is 0 Å². The van der Waals surface area contributed by atoms with Gasteiger partial charge in [0.15, 0.2) is 11.6 Å². The van der Waals surface area contributed by atoms with Crippen molar-refractivity contribution >= 4 is 17.7 Å². The van der Waals surface area contributed by atoms with E-state index in [-0.39, 0.29) is 12.2 Å². The van der Waals surface area contributed by atoms with Gasteiger partial charge < -0.3 is 15.3 Å². The van der Waals surface area contributed by atoms with E-state index in [0.717, 1.165) is 12.1 Å². The lowest BCUT2D eigenvalue weighted by molar-refractivity contribution is -0.143. The molecule has 0 unspecified atom stereocenters. The van der Waals surface area contributed by atoms with E-state index in [0.29, 0.717) is 19.4 Å². The van der Waals surface area contributed by atoms with Crippen molar-refractivity contribution < 1.29 is 23.5 Å². The van der Waals surface area contributed by atoms with Crippen LogP contribution in [0.15, 0.2) is 18.2 Å². The van der Waals surface area contributed by atoms with Crippen molar-refractivity contribution in [1.29, 1.82) is 0 Å². The van der Waals surface area contributed by atoms with Crippen LogP contribution in [-0.4, -0.2) is 35.1 Å². The molecule has 0 radical (unpaired) electrons. The molecule has 1 saturated heterocycles. The maximum absolute atomic E-state index is 13.0. The second-order valence-electron chi connectivity index (χ2n) is 4.68. The first kappa shape index (κ1) is 14.2. The van der Waals surface area contributed by atoms with Crippen LogP contribution in [0, 0.1) is 17.6 Å². The molecule has 1 fully saturated rings. The second kappa shape index (κ2) is 5.85. The molecule has 0 saturated carbocycles. The van der Waals surface area contributed by atoms with Gasteiger partial charge in [0.2, 0.25) is 0 Å². The Hall–Kier alpha value is -2.18. The van der Waals surface area contributed by atoms with Crippen molar-refractivity contribution in [3.63, 3.8) is 0 Å². The maximum Gasteiger partial charge on any atom is 0.321 e. The number of hydrogen-bond acceptors (Lipinski definition) is 2. The summed E-state index contributed by atoms with van der Waals surface area (Å²) in [6.07, 6.45) is 1.13. The number of amides is 2. The summed E-state index contributed by atoms with van der Waals surface area (Å²) >= 11 is 0. The molecule has 5 nitrogen and oxygen atoms in total. The van der Waals surface area contributed by atoms with Crippen molar-refractivity contribution in [2.75, 3.05) is 18.4 Å². The highest BCUT2D eigenvalue weighted by Crippen LogP contribution is 2.19. The summed E-state index contributed by atoms with van der Waals surface area (Å²) in [7, 11) is 0. The van der Waals surface area contributed by atoms with Gasteiger partial charge in [-0.3, -0.25) is 4.79 Å². The van der Waals surface area contributed by atoms with Crippen molar-refractivity contribution in [1.82, 2.24) is 4.90 Å². The van der Waals surface area contributed by atoms with Crippen molar-refractivity contribution in [2.45, 2.75) is 12.8 Å². The number of nitrogens with zero attached hydrogens (tertiary/aromatic N) is 1. The Morgan fingerprint density at radius 1 is 1.30 bits per heavy atom. The Morgan fingerprint density at radius 2 is 2.05 bits per heavy atom. The zero-order valence-electron chi connectivity index (χ0n) is 10.6. The summed E-state index contributed by atoms with van der Waals surface area (Å²) in [4.78, 5) is 24.2. The molecule has 20 heavy (non-hydrogen) atoms. The van der Waals surface area contributed by atoms with Crippen LogP contribution in [0.3, 0.4) is 0 Å². The first-order valence-corrected chi connectivity index (χ1v) is 6.21. The predicted octanol–water partition coefficient (Wildman–Crippen LogP) is 2.29. The number of rotatable bonds is 2. The number of anilines is 1. The van der Waals surface area contributed by atoms with Gasteiger partial charge in [0, 0.05) is 24.8 Å². The quantitative estimate of drug-likeness (QED) is 0.875. The lowest BCUT2D eigenvalue weighted by atomic mass is 9.99. The van der Waals surface area contributed by atoms with E-state index >= 15 is 0 Å². The molecule has 1 atom stereocenters. The molecule has 0 aromatic heterocycles. The molecule has 2 rings (SSSR count). The van der Waals surface area contributed by atoms with Gasteiger partial charge in [0.05, 0.1) is 5.92 Å². The number of carbonyl (C=O) groups excluding carboxylic acids is 1. The topological polar surface area (TPSA) is 69.6 Å². The first-order valence-electron chi connectivity index (χ1n) is 6.21. The fourth-order valence-electron chi connectivity index (χ4n) is 2.14. The van der Waals surface area contributed by atoms with Crippen LogP contribution in [0.1, 0.15) is 12.8 Å². The zero-order valence-corrected chi connectivity index (χ0v) is 10.6. The minimum absolute atomic E-state index is 0.116. The Labute approximate surface area is 114 Å². The number of nitrogens with one attached hydrogen (secondary N) is 1. The van der Waals surface area contributed by atoms with Crippen LogP contribution < -0.4 is 5.32 Å². The van der Waals surface area contributed by atoms with Crippen molar-refractivity contribution in [3.05, 3.63) is 29.8 Å². The van der Waals surface area contributed by atoms with Crippen molar-refractivity contribution in [2.24, 2.45) is 5.92 Å². The van der Waals surface area contributed by atoms with E-state index in [9.17, 15) is 18.4 Å². The Bertz CT molecular complexity index is 536. The molecular formula is C13H14F2N2O3. The molecule has 1 aromatic rings. The van der Waals surface area contributed by atoms with Crippen LogP contribution in [0.2, 0.25) is 0 Å². The number of urea groups is 1. The fourth-order valence-corrected chi connectivity index (χ4v) is 2.14. The van der Waals surface area contributed by atoms with Gasteiger partial charge in [0.25, 0.3) is 0 Å². The highest BCUT2D eigenvalue weighted by molar-refractivity contribution is 5.89. The van der Waals surface area contributed by atoms with Gasteiger partial charge in [-0.25, -0.2) is 13.6 Å². The van der Waals surface area contributed by atoms with Crippen molar-refractivity contribution in [3.8, 4) is 0 Å². The number of halogens is 2. The fraction of sp³-hybridized carbons (Fsp3) is 0.385. The molecule has 1 aliphatic rings. The molecule has 7 heteroatoms. The van der Waals surface area contributed by atoms with E-state index < -0.39 is 29.6 Å². The molecule has 0 spiro atoms. The summed E-state index contributed by atoms with van der Waals surface area (Å²) in [5.41, 5.74) is 0.131. The summed E-state index contributed by atoms with van der Waals surface area (Å²) in [5.74, 6) is -3.56. The normalized spacial score (nSPS) is 18.7. The molecule has 0 aliphatic carbocycles. The van der Waals surface area contributed by atoms with Crippen LogP contribution in [0.4, 0.5) is 19.3 Å². The van der Waals surface area contributed by atoms with E-state index in [1.54, 1.807) is 0 Å². The Morgan fingerprint density at radius 3 is 2.70 bits per heavy atom. The Kier molecular flexibility index (Phi) is 4.16. The lowest BCUT2D eigenvalue weighted by Gasteiger charge is -2.30. The standard InChI is InChI=1S/C13H14F2N2O3/c14-10-4-3-9(6-11(10)15)16-13(20)17-5-1-2-8(7-17)12(18)19/h3-4,6,8H,1-2,5,7H2,(H,16,20)(H,18,19)/t8-/m1/s1. The monoisotopic (exact) mass is 284 g/mol. The van der Waals surface area contributed by atoms with Gasteiger partial charge in [-0.15, -0.1) is 0 Å². The predicted molar refractivity (Wildman–Crippen MR) is 67.3 cm³/mol. The van der Waals surface area contributed by atoms with E-state index in [1.807, 2.05) is 0 Å². The van der Waals surface area contributed by atoms with Crippen LogP contribution in [0.25, 0.3) is 0 Å². The zero-order chi connectivity index (χ0) is 14.7. The molecule has 2 amide bonds. The average molecular weight is 284 g/mol. The highest BCUT2D eigenvalue weighted by atomic mass is 19.2. The minimum atomic E-state index is -1.05. The maximum atomic E-state index is 13.0. The molecule has 0 bridgehead atoms. The number of piperidine rings is 1. The number of carbonyl (C=O) groups is 2. The lowest BCUT2D eigenvalue weighted by Crippen LogP contribution is -2.44. The van der Waals surface area contributed by atoms with Gasteiger partial charge in [-0.05, 0) is 25.0 Å². The van der Waals surface area contributed by atoms with Gasteiger partial charge >= 0.3 is 12.0 Å². The number of carboxylic acid groups (broad SMARTS) is 1. The summed E-state index contributed by atoms with van der Waals surface area (Å²) < 4.78 is 25.8. The van der Waals surface area contributed by atoms with Crippen LogP contribution in [-0.2, 0) is 4.79 Å². The second-order valence-corrected chi connectivity index (χ2v) is 4.68. The summed E-state index contributed by atoms with van der Waals surface area (Å²) in [6, 6.07) is 2.53. The third-order valence-electron chi connectivity index (χ3n) is 3.23. The summed E-state index contributed by atoms with van der Waals surface area (Å²) in [6.45, 7) is 0.560. The third kappa shape index (κ3) is 3.23. The molecule has 1 heterocycles. The third-order valence-corrected chi connectivity index (χ3v) is 3.23. The summed E-state index contributed by atoms with van der Waals surface area (Å²) in [5, 5.41) is 11.4. The SMILES string of the molecule is O=C(O)[C@@H]1CCCN(C(=O)Nc2ccc(F)c(F)c2)C1. The number of carboxylic acids is 1. The van der Waals surface area contributed by atoms with E-state index in [4.69, 9.17) is 5.11 Å². The van der Waals surface area contributed by atoms with E-state index in [1.165, 1.54) is 11.0 Å². The largest absolute Gasteiger partial charge is 0.481 e. The smallest absolute Gasteiger partial charge is 0.321 e. The number of aliphatic carboxylic acids is 1. The molecule has 108 valence electrons. The van der Waals surface area contributed by atoms with Gasteiger partial charge in [0.1, 0.15) is 0 Å². The van der Waals surface area contributed by atoms with Gasteiger partial charge in [-0.1, -0.05) is 0 Å². The minimum Gasteiger partial charge on any atom is -0.481 e. The number of likely N-dealkylation sites (tertiary alicyclic amines) is 1. The Balaban J connectivity index is 2.00. The highest BCUT2D eigenvalue weighted by Gasteiger charge is 2.28. The molecular weight excluding hydrogens is 270 g/mol. The first-order chi connectivity index (χ1) is 9.47. The average Bonchev–Trinajstić information content (AvgIpc) is 2.43. The van der Waals surface area contributed by atoms with E-state index in [2.05, 4.69) is 5.32 Å². The molecule has 1 aromatic carbocycles. The number of hydrogen-bond donors (Lipinski definition) is 2. The van der Waals surface area contributed by atoms with Crippen LogP contribution >= 0.6 is 0 Å². The van der Waals surface area contributed by atoms with Gasteiger partial charge in [-0.2, -0.15) is 0 Å². The number of benzene rings is 1.